The minimum atomic E-state index is -0.251. The van der Waals surface area contributed by atoms with Crippen LogP contribution < -0.4 is 14.5 Å². The molecule has 2 aromatic heterocycles. The Hall–Kier alpha value is -7.11. The Labute approximate surface area is 429 Å². The van der Waals surface area contributed by atoms with E-state index in [1.54, 1.807) is 0 Å². The van der Waals surface area contributed by atoms with Gasteiger partial charge in [-0.3, -0.25) is 4.57 Å². The Bertz CT molecular complexity index is 3480. The van der Waals surface area contributed by atoms with Gasteiger partial charge in [-0.15, -0.1) is 0 Å². The van der Waals surface area contributed by atoms with E-state index in [1.165, 1.54) is 66.7 Å². The van der Waals surface area contributed by atoms with E-state index < -0.39 is 0 Å². The lowest BCUT2D eigenvalue weighted by molar-refractivity contribution is 0.480. The molecule has 72 heavy (non-hydrogen) atoms. The summed E-state index contributed by atoms with van der Waals surface area (Å²) >= 11 is 0. The van der Waals surface area contributed by atoms with Gasteiger partial charge in [0.05, 0.1) is 22.4 Å². The highest BCUT2D eigenvalue weighted by atomic mass is 16.5. The average Bonchev–Trinajstić information content (AvgIpc) is 3.89. The fourth-order valence-electron chi connectivity index (χ4n) is 10.8. The quantitative estimate of drug-likeness (QED) is 0.152. The second-order valence-corrected chi connectivity index (χ2v) is 24.7. The molecule has 0 aliphatic carbocycles. The van der Waals surface area contributed by atoms with Crippen molar-refractivity contribution in [2.75, 3.05) is 16.5 Å². The van der Waals surface area contributed by atoms with Crippen LogP contribution in [0, 0.1) is 0 Å². The number of pyridine rings is 1. The monoisotopic (exact) mass is 949 g/mol. The Kier molecular flexibility index (Phi) is 11.8. The molecule has 5 nitrogen and oxygen atoms in total. The number of hydrogen-bond donors (Lipinski definition) is 0. The molecule has 3 heterocycles. The van der Waals surface area contributed by atoms with Crippen LogP contribution in [0.2, 0.25) is 0 Å². The van der Waals surface area contributed by atoms with Gasteiger partial charge in [0.1, 0.15) is 24.0 Å². The molecule has 5 heteroatoms. The first-order valence-electron chi connectivity index (χ1n) is 25.8. The van der Waals surface area contributed by atoms with Gasteiger partial charge in [0.2, 0.25) is 0 Å². The van der Waals surface area contributed by atoms with Crippen molar-refractivity contribution < 1.29 is 4.74 Å². The van der Waals surface area contributed by atoms with E-state index in [-0.39, 0.29) is 27.1 Å². The van der Waals surface area contributed by atoms with Crippen LogP contribution >= 0.6 is 0 Å². The third-order valence-electron chi connectivity index (χ3n) is 14.9. The van der Waals surface area contributed by atoms with E-state index >= 15 is 0 Å². The highest BCUT2D eigenvalue weighted by Gasteiger charge is 2.36. The Morgan fingerprint density at radius 3 is 1.67 bits per heavy atom. The number of rotatable bonds is 8. The van der Waals surface area contributed by atoms with Gasteiger partial charge < -0.3 is 14.5 Å². The zero-order valence-electron chi connectivity index (χ0n) is 45.1. The lowest BCUT2D eigenvalue weighted by atomic mass is 9.74. The summed E-state index contributed by atoms with van der Waals surface area (Å²) < 4.78 is 9.44. The summed E-state index contributed by atoms with van der Waals surface area (Å²) in [7, 11) is 0. The number of nitrogens with zero attached hydrogens (tertiary/aromatic N) is 4. The van der Waals surface area contributed by atoms with Gasteiger partial charge >= 0.3 is 0 Å². The minimum Gasteiger partial charge on any atom is -0.457 e. The van der Waals surface area contributed by atoms with Gasteiger partial charge in [0.25, 0.3) is 0 Å². The van der Waals surface area contributed by atoms with E-state index in [4.69, 9.17) is 9.72 Å². The van der Waals surface area contributed by atoms with Crippen LogP contribution in [-0.2, 0) is 27.1 Å². The van der Waals surface area contributed by atoms with Crippen LogP contribution in [-0.4, -0.2) is 16.2 Å². The number of para-hydroxylation sites is 1. The SMILES string of the molecule is CC(C)(C)c1ccnc(-n2c3ccccc3c3c(C(C)(C)C)cc(Oc4cccc(N5CN(c6cc(-c7ccccc7)cc(C(C)(C)c7ccccc7)c6)c6cc(C(C)(C)C)c(C(C)(C)C)cc65)c4)cc32)c1. The molecule has 7 aromatic carbocycles. The van der Waals surface area contributed by atoms with E-state index in [2.05, 4.69) is 275 Å². The summed E-state index contributed by atoms with van der Waals surface area (Å²) in [6.45, 7) is 33.1. The van der Waals surface area contributed by atoms with Crippen molar-refractivity contribution in [3.05, 3.63) is 203 Å². The highest BCUT2D eigenvalue weighted by molar-refractivity contribution is 6.11. The molecule has 9 aromatic rings. The van der Waals surface area contributed by atoms with Crippen molar-refractivity contribution in [3.8, 4) is 28.4 Å². The van der Waals surface area contributed by atoms with Crippen molar-refractivity contribution in [1.82, 2.24) is 9.55 Å². The van der Waals surface area contributed by atoms with Gasteiger partial charge in [-0.2, -0.15) is 0 Å². The van der Waals surface area contributed by atoms with Crippen LogP contribution in [0.5, 0.6) is 11.5 Å². The molecule has 366 valence electrons. The first-order valence-corrected chi connectivity index (χ1v) is 25.8. The van der Waals surface area contributed by atoms with Crippen molar-refractivity contribution in [2.24, 2.45) is 0 Å². The standard InChI is InChI=1S/C67H72N4O/c1-63(2,3)47-32-33-68-61(37-47)71-57-31-22-21-30-53(57)62-56(66(10,11)12)39-52(40-60(62)71)72-51-29-23-28-49(38-51)69-43-70(59-42-55(65(7,8)9)54(41-58(59)69)64(4,5)6)50-35-45(44-24-17-15-18-25-44)34-48(36-50)67(13,14)46-26-19-16-20-27-46/h15-42H,43H2,1-14H3. The number of benzene rings is 7. The molecule has 0 saturated carbocycles. The first-order chi connectivity index (χ1) is 34.0. The molecule has 0 fully saturated rings. The van der Waals surface area contributed by atoms with Gasteiger partial charge in [0.15, 0.2) is 0 Å². The minimum absolute atomic E-state index is 0.0309. The van der Waals surface area contributed by atoms with E-state index in [9.17, 15) is 0 Å². The molecule has 0 radical (unpaired) electrons. The van der Waals surface area contributed by atoms with Crippen LogP contribution in [0.4, 0.5) is 22.7 Å². The molecular formula is C67H72N4O. The summed E-state index contributed by atoms with van der Waals surface area (Å²) in [5.41, 5.74) is 16.3. The van der Waals surface area contributed by atoms with Crippen LogP contribution in [0.3, 0.4) is 0 Å². The summed E-state index contributed by atoms with van der Waals surface area (Å²) in [5.74, 6) is 2.47. The first kappa shape index (κ1) is 48.5. The molecule has 0 saturated heterocycles. The zero-order valence-corrected chi connectivity index (χ0v) is 45.1. The van der Waals surface area contributed by atoms with Gasteiger partial charge in [0, 0.05) is 45.9 Å². The lowest BCUT2D eigenvalue weighted by Gasteiger charge is -2.32. The number of aromatic nitrogens is 2. The number of anilines is 4. The summed E-state index contributed by atoms with van der Waals surface area (Å²) in [4.78, 5) is 10.0. The van der Waals surface area contributed by atoms with Gasteiger partial charge in [-0.1, -0.05) is 188 Å². The third-order valence-corrected chi connectivity index (χ3v) is 14.9. The summed E-state index contributed by atoms with van der Waals surface area (Å²) in [6, 6.07) is 60.2. The van der Waals surface area contributed by atoms with E-state index in [0.717, 1.165) is 39.7 Å². The maximum absolute atomic E-state index is 7.11. The lowest BCUT2D eigenvalue weighted by Crippen LogP contribution is -2.25. The molecule has 0 unspecified atom stereocenters. The fraction of sp³-hybridized carbons (Fsp3) is 0.299. The Balaban J connectivity index is 1.12. The maximum Gasteiger partial charge on any atom is 0.137 e. The van der Waals surface area contributed by atoms with Crippen molar-refractivity contribution in [1.29, 1.82) is 0 Å². The van der Waals surface area contributed by atoms with Crippen LogP contribution in [0.25, 0.3) is 38.8 Å². The van der Waals surface area contributed by atoms with Crippen LogP contribution in [0.1, 0.15) is 130 Å². The number of fused-ring (bicyclic) bond motifs is 4. The van der Waals surface area contributed by atoms with Gasteiger partial charge in [-0.25, -0.2) is 4.98 Å². The molecule has 1 aliphatic heterocycles. The van der Waals surface area contributed by atoms with Gasteiger partial charge in [-0.05, 0) is 127 Å². The average molecular weight is 949 g/mol. The molecule has 0 atom stereocenters. The second kappa shape index (κ2) is 17.6. The molecule has 0 bridgehead atoms. The van der Waals surface area contributed by atoms with E-state index in [1.807, 2.05) is 6.20 Å². The second-order valence-electron chi connectivity index (χ2n) is 24.7. The predicted octanol–water partition coefficient (Wildman–Crippen LogP) is 18.4. The predicted molar refractivity (Wildman–Crippen MR) is 306 cm³/mol. The normalized spacial score (nSPS) is 13.6. The fourth-order valence-corrected chi connectivity index (χ4v) is 10.8. The summed E-state index contributed by atoms with van der Waals surface area (Å²) in [5, 5.41) is 2.44. The maximum atomic E-state index is 7.11. The number of hydrogen-bond acceptors (Lipinski definition) is 4. The molecule has 0 amide bonds. The Morgan fingerprint density at radius 2 is 1.03 bits per heavy atom. The Morgan fingerprint density at radius 1 is 0.417 bits per heavy atom. The third kappa shape index (κ3) is 8.97. The number of ether oxygens (including phenoxy) is 1. The molecule has 1 aliphatic rings. The molecular weight excluding hydrogens is 877 g/mol. The van der Waals surface area contributed by atoms with Crippen molar-refractivity contribution >= 4 is 44.6 Å². The topological polar surface area (TPSA) is 33.5 Å². The van der Waals surface area contributed by atoms with E-state index in [0.29, 0.717) is 6.67 Å². The zero-order chi connectivity index (χ0) is 51.1. The van der Waals surface area contributed by atoms with Crippen molar-refractivity contribution in [3.63, 3.8) is 0 Å². The molecule has 0 N–H and O–H groups in total. The summed E-state index contributed by atoms with van der Waals surface area (Å²) in [6.07, 6.45) is 1.95. The van der Waals surface area contributed by atoms with Crippen molar-refractivity contribution in [2.45, 2.75) is 124 Å². The highest BCUT2D eigenvalue weighted by Crippen LogP contribution is 2.51. The van der Waals surface area contributed by atoms with Crippen LogP contribution in [0.15, 0.2) is 170 Å². The smallest absolute Gasteiger partial charge is 0.137 e. The molecule has 0 spiro atoms. The molecule has 10 rings (SSSR count). The largest absolute Gasteiger partial charge is 0.457 e.